The van der Waals surface area contributed by atoms with Gasteiger partial charge in [-0.05, 0) is 35.2 Å². The second kappa shape index (κ2) is 5.86. The fourth-order valence-corrected chi connectivity index (χ4v) is 3.04. The average Bonchev–Trinajstić information content (AvgIpc) is 2.44. The van der Waals surface area contributed by atoms with Crippen LogP contribution in [0.5, 0.6) is 5.75 Å². The summed E-state index contributed by atoms with van der Waals surface area (Å²) < 4.78 is 5.16. The van der Waals surface area contributed by atoms with E-state index in [4.69, 9.17) is 16.3 Å². The molecule has 0 saturated heterocycles. The van der Waals surface area contributed by atoms with Gasteiger partial charge in [-0.25, -0.2) is 0 Å². The molecule has 3 heteroatoms. The molecule has 0 fully saturated rings. The molecule has 0 radical (unpaired) electrons. The lowest BCUT2D eigenvalue weighted by Gasteiger charge is -2.30. The number of ether oxygens (including phenoxy) is 1. The molecule has 0 amide bonds. The van der Waals surface area contributed by atoms with E-state index in [1.54, 1.807) is 7.11 Å². The Bertz CT molecular complexity index is 612. The van der Waals surface area contributed by atoms with Gasteiger partial charge in [0.05, 0.1) is 12.1 Å². The summed E-state index contributed by atoms with van der Waals surface area (Å²) in [6.45, 7) is 1.85. The van der Waals surface area contributed by atoms with Gasteiger partial charge in [0.15, 0.2) is 0 Å². The Balaban J connectivity index is 1.53. The van der Waals surface area contributed by atoms with Crippen molar-refractivity contribution in [1.82, 2.24) is 5.32 Å². The quantitative estimate of drug-likeness (QED) is 0.904. The summed E-state index contributed by atoms with van der Waals surface area (Å²) in [7, 11) is 1.63. The first-order chi connectivity index (χ1) is 9.78. The Morgan fingerprint density at radius 3 is 2.85 bits per heavy atom. The average molecular weight is 288 g/mol. The van der Waals surface area contributed by atoms with Crippen molar-refractivity contribution in [2.24, 2.45) is 0 Å². The molecule has 104 valence electrons. The summed E-state index contributed by atoms with van der Waals surface area (Å²) >= 11 is 6.12. The van der Waals surface area contributed by atoms with Crippen molar-refractivity contribution in [3.8, 4) is 5.75 Å². The third kappa shape index (κ3) is 2.67. The molecule has 1 unspecified atom stereocenters. The van der Waals surface area contributed by atoms with E-state index in [0.717, 1.165) is 18.8 Å². The van der Waals surface area contributed by atoms with E-state index >= 15 is 0 Å². The Morgan fingerprint density at radius 2 is 2.10 bits per heavy atom. The predicted octanol–water partition coefficient (Wildman–Crippen LogP) is 3.78. The molecule has 1 N–H and O–H groups in total. The summed E-state index contributed by atoms with van der Waals surface area (Å²) in [5.41, 5.74) is 4.17. The van der Waals surface area contributed by atoms with Crippen molar-refractivity contribution in [3.05, 3.63) is 64.2 Å². The highest BCUT2D eigenvalue weighted by Crippen LogP contribution is 2.34. The lowest BCUT2D eigenvalue weighted by Crippen LogP contribution is -2.28. The van der Waals surface area contributed by atoms with Gasteiger partial charge in [0.1, 0.15) is 5.75 Å². The summed E-state index contributed by atoms with van der Waals surface area (Å²) in [6.07, 6.45) is 1.19. The zero-order chi connectivity index (χ0) is 13.9. The molecule has 2 nitrogen and oxygen atoms in total. The maximum atomic E-state index is 6.12. The Kier molecular flexibility index (Phi) is 3.95. The van der Waals surface area contributed by atoms with Crippen molar-refractivity contribution in [2.75, 3.05) is 13.7 Å². The highest BCUT2D eigenvalue weighted by Gasteiger charge is 2.24. The van der Waals surface area contributed by atoms with Gasteiger partial charge >= 0.3 is 0 Å². The molecule has 0 bridgehead atoms. The van der Waals surface area contributed by atoms with Crippen molar-refractivity contribution in [2.45, 2.75) is 18.9 Å². The summed E-state index contributed by atoms with van der Waals surface area (Å²) in [4.78, 5) is 0. The lowest BCUT2D eigenvalue weighted by atomic mass is 9.77. The minimum absolute atomic E-state index is 0.653. The van der Waals surface area contributed by atoms with Gasteiger partial charge in [-0.1, -0.05) is 41.9 Å². The van der Waals surface area contributed by atoms with Crippen LogP contribution in [0.3, 0.4) is 0 Å². The van der Waals surface area contributed by atoms with Crippen LogP contribution < -0.4 is 10.1 Å². The van der Waals surface area contributed by atoms with Crippen LogP contribution in [0.4, 0.5) is 0 Å². The molecule has 0 aromatic heterocycles. The van der Waals surface area contributed by atoms with Crippen molar-refractivity contribution in [1.29, 1.82) is 0 Å². The normalized spacial score (nSPS) is 16.4. The molecule has 1 aliphatic rings. The monoisotopic (exact) mass is 287 g/mol. The fourth-order valence-electron chi connectivity index (χ4n) is 2.76. The van der Waals surface area contributed by atoms with E-state index in [0.29, 0.717) is 10.9 Å². The molecule has 0 spiro atoms. The molecule has 1 atom stereocenters. The van der Waals surface area contributed by atoms with Gasteiger partial charge in [0.25, 0.3) is 0 Å². The topological polar surface area (TPSA) is 21.3 Å². The second-order valence-corrected chi connectivity index (χ2v) is 5.61. The molecule has 2 aromatic rings. The maximum Gasteiger partial charge on any atom is 0.137 e. The van der Waals surface area contributed by atoms with E-state index in [1.165, 1.54) is 23.1 Å². The van der Waals surface area contributed by atoms with Crippen LogP contribution in [-0.4, -0.2) is 13.7 Å². The first kappa shape index (κ1) is 13.5. The molecule has 0 heterocycles. The number of nitrogens with one attached hydrogen (secondary N) is 1. The van der Waals surface area contributed by atoms with Gasteiger partial charge in [0, 0.05) is 19.0 Å². The van der Waals surface area contributed by atoms with Crippen LogP contribution in [0, 0.1) is 0 Å². The molecule has 2 aromatic carbocycles. The Labute approximate surface area is 124 Å². The second-order valence-electron chi connectivity index (χ2n) is 5.20. The molecule has 3 rings (SSSR count). The SMILES string of the molecule is COc1ccc(CNCC2Cc3ccccc32)cc1Cl. The smallest absolute Gasteiger partial charge is 0.137 e. The van der Waals surface area contributed by atoms with E-state index in [-0.39, 0.29) is 0 Å². The number of methoxy groups -OCH3 is 1. The van der Waals surface area contributed by atoms with E-state index in [1.807, 2.05) is 18.2 Å². The molecular weight excluding hydrogens is 270 g/mol. The van der Waals surface area contributed by atoms with Gasteiger partial charge in [-0.15, -0.1) is 0 Å². The minimum Gasteiger partial charge on any atom is -0.495 e. The van der Waals surface area contributed by atoms with Crippen molar-refractivity contribution in [3.63, 3.8) is 0 Å². The van der Waals surface area contributed by atoms with Crippen LogP contribution in [0.15, 0.2) is 42.5 Å². The van der Waals surface area contributed by atoms with Crippen LogP contribution in [0.25, 0.3) is 0 Å². The van der Waals surface area contributed by atoms with Gasteiger partial charge in [-0.2, -0.15) is 0 Å². The summed E-state index contributed by atoms with van der Waals surface area (Å²) in [5, 5.41) is 4.18. The highest BCUT2D eigenvalue weighted by molar-refractivity contribution is 6.32. The van der Waals surface area contributed by atoms with E-state index < -0.39 is 0 Å². The standard InChI is InChI=1S/C17H18ClNO/c1-20-17-7-6-12(8-16(17)18)10-19-11-14-9-13-4-2-3-5-15(13)14/h2-8,14,19H,9-11H2,1H3. The van der Waals surface area contributed by atoms with Crippen molar-refractivity contribution < 1.29 is 4.74 Å². The first-order valence-electron chi connectivity index (χ1n) is 6.89. The maximum absolute atomic E-state index is 6.12. The number of benzene rings is 2. The lowest BCUT2D eigenvalue weighted by molar-refractivity contribution is 0.415. The van der Waals surface area contributed by atoms with Crippen molar-refractivity contribution >= 4 is 11.6 Å². The third-order valence-corrected chi connectivity index (χ3v) is 4.19. The number of fused-ring (bicyclic) bond motifs is 1. The number of hydrogen-bond acceptors (Lipinski definition) is 2. The van der Waals surface area contributed by atoms with E-state index in [2.05, 4.69) is 29.6 Å². The molecule has 0 aliphatic heterocycles. The molecule has 20 heavy (non-hydrogen) atoms. The largest absolute Gasteiger partial charge is 0.495 e. The summed E-state index contributed by atoms with van der Waals surface area (Å²) in [5.74, 6) is 1.38. The van der Waals surface area contributed by atoms with Crippen LogP contribution in [-0.2, 0) is 13.0 Å². The fraction of sp³-hybridized carbons (Fsp3) is 0.294. The van der Waals surface area contributed by atoms with Crippen LogP contribution in [0.2, 0.25) is 5.02 Å². The third-order valence-electron chi connectivity index (χ3n) is 3.90. The molecular formula is C17H18ClNO. The Hall–Kier alpha value is -1.51. The minimum atomic E-state index is 0.653. The number of halogens is 1. The summed E-state index contributed by atoms with van der Waals surface area (Å²) in [6, 6.07) is 14.6. The number of rotatable bonds is 5. The van der Waals surface area contributed by atoms with Gasteiger partial charge < -0.3 is 10.1 Å². The van der Waals surface area contributed by atoms with E-state index in [9.17, 15) is 0 Å². The molecule has 1 aliphatic carbocycles. The zero-order valence-corrected chi connectivity index (χ0v) is 12.3. The highest BCUT2D eigenvalue weighted by atomic mass is 35.5. The molecule has 0 saturated carbocycles. The first-order valence-corrected chi connectivity index (χ1v) is 7.26. The number of hydrogen-bond donors (Lipinski definition) is 1. The van der Waals surface area contributed by atoms with Crippen LogP contribution in [0.1, 0.15) is 22.6 Å². The predicted molar refractivity (Wildman–Crippen MR) is 82.6 cm³/mol. The zero-order valence-electron chi connectivity index (χ0n) is 11.5. The van der Waals surface area contributed by atoms with Gasteiger partial charge in [-0.3, -0.25) is 0 Å². The Morgan fingerprint density at radius 1 is 1.25 bits per heavy atom. The van der Waals surface area contributed by atoms with Crippen LogP contribution >= 0.6 is 11.6 Å². The van der Waals surface area contributed by atoms with Gasteiger partial charge in [0.2, 0.25) is 0 Å².